The largest absolute Gasteiger partial charge is 0.405 e. The van der Waals surface area contributed by atoms with Crippen LogP contribution in [0.3, 0.4) is 0 Å². The fraction of sp³-hybridized carbons (Fsp3) is 0.909. The number of halogens is 3. The van der Waals surface area contributed by atoms with E-state index in [1.54, 1.807) is 0 Å². The van der Waals surface area contributed by atoms with E-state index in [0.717, 1.165) is 12.8 Å². The highest BCUT2D eigenvalue weighted by atomic mass is 19.4. The van der Waals surface area contributed by atoms with Gasteiger partial charge >= 0.3 is 12.2 Å². The van der Waals surface area contributed by atoms with Crippen molar-refractivity contribution in [2.24, 2.45) is 0 Å². The minimum absolute atomic E-state index is 0.0407. The summed E-state index contributed by atoms with van der Waals surface area (Å²) in [6, 6.07) is -0.510. The van der Waals surface area contributed by atoms with E-state index < -0.39 is 18.8 Å². The summed E-state index contributed by atoms with van der Waals surface area (Å²) in [7, 11) is 0. The molecule has 1 aliphatic rings. The van der Waals surface area contributed by atoms with Crippen LogP contribution < -0.4 is 10.6 Å². The van der Waals surface area contributed by atoms with Crippen LogP contribution >= 0.6 is 0 Å². The van der Waals surface area contributed by atoms with Crippen LogP contribution in [0.15, 0.2) is 0 Å². The molecule has 1 saturated heterocycles. The van der Waals surface area contributed by atoms with E-state index in [1.165, 1.54) is 4.90 Å². The molecule has 0 aromatic rings. The van der Waals surface area contributed by atoms with Gasteiger partial charge in [0.2, 0.25) is 0 Å². The van der Waals surface area contributed by atoms with Crippen LogP contribution in [0.1, 0.15) is 26.7 Å². The Morgan fingerprint density at radius 2 is 2.06 bits per heavy atom. The normalized spacial score (nSPS) is 25.1. The molecule has 0 saturated carbocycles. The molecule has 2 unspecified atom stereocenters. The van der Waals surface area contributed by atoms with E-state index in [2.05, 4.69) is 5.32 Å². The number of carbonyl (C=O) groups is 1. The van der Waals surface area contributed by atoms with Crippen LogP contribution in [-0.2, 0) is 0 Å². The molecule has 0 aromatic heterocycles. The van der Waals surface area contributed by atoms with Gasteiger partial charge in [0.05, 0.1) is 0 Å². The Bertz CT molecular complexity index is 283. The van der Waals surface area contributed by atoms with Gasteiger partial charge in [0.25, 0.3) is 0 Å². The number of amides is 2. The van der Waals surface area contributed by atoms with Crippen molar-refractivity contribution in [3.63, 3.8) is 0 Å². The maximum absolute atomic E-state index is 12.1. The molecule has 18 heavy (non-hydrogen) atoms. The number of nitrogens with one attached hydrogen (secondary N) is 2. The lowest BCUT2D eigenvalue weighted by atomic mass is 10.1. The first-order valence-corrected chi connectivity index (χ1v) is 6.22. The molecule has 1 heterocycles. The standard InChI is InChI=1S/C11H20F3N3O/c1-3-8-6-17(9(4-2)5-15-8)10(18)16-7-11(12,13)14/h8-9,15H,3-7H2,1-2H3,(H,16,18). The topological polar surface area (TPSA) is 44.4 Å². The SMILES string of the molecule is CCC1CN(C(=O)NCC(F)(F)F)C(CC)CN1. The summed E-state index contributed by atoms with van der Waals surface area (Å²) in [5.74, 6) is 0. The van der Waals surface area contributed by atoms with Crippen LogP contribution in [0.25, 0.3) is 0 Å². The van der Waals surface area contributed by atoms with Crippen molar-refractivity contribution < 1.29 is 18.0 Å². The molecule has 1 rings (SSSR count). The maximum atomic E-state index is 12.1. The molecule has 0 bridgehead atoms. The molecule has 2 amide bonds. The van der Waals surface area contributed by atoms with Gasteiger partial charge in [-0.15, -0.1) is 0 Å². The lowest BCUT2D eigenvalue weighted by Crippen LogP contribution is -2.60. The molecule has 4 nitrogen and oxygen atoms in total. The molecule has 0 spiro atoms. The summed E-state index contributed by atoms with van der Waals surface area (Å²) >= 11 is 0. The third kappa shape index (κ3) is 4.36. The van der Waals surface area contributed by atoms with Gasteiger partial charge in [0.15, 0.2) is 0 Å². The highest BCUT2D eigenvalue weighted by Gasteiger charge is 2.32. The summed E-state index contributed by atoms with van der Waals surface area (Å²) < 4.78 is 36.2. The van der Waals surface area contributed by atoms with Gasteiger partial charge in [0, 0.05) is 25.2 Å². The zero-order valence-corrected chi connectivity index (χ0v) is 10.7. The van der Waals surface area contributed by atoms with E-state index in [0.29, 0.717) is 13.1 Å². The van der Waals surface area contributed by atoms with Crippen molar-refractivity contribution in [3.8, 4) is 0 Å². The molecular weight excluding hydrogens is 247 g/mol. The second kappa shape index (κ2) is 6.26. The number of hydrogen-bond acceptors (Lipinski definition) is 2. The Balaban J connectivity index is 2.56. The van der Waals surface area contributed by atoms with Crippen molar-refractivity contribution in [2.75, 3.05) is 19.6 Å². The van der Waals surface area contributed by atoms with Crippen LogP contribution in [0.5, 0.6) is 0 Å². The average molecular weight is 267 g/mol. The number of nitrogens with zero attached hydrogens (tertiary/aromatic N) is 1. The van der Waals surface area contributed by atoms with E-state index in [9.17, 15) is 18.0 Å². The Kier molecular flexibility index (Phi) is 5.25. The lowest BCUT2D eigenvalue weighted by Gasteiger charge is -2.39. The second-order valence-corrected chi connectivity index (χ2v) is 4.50. The number of carbonyl (C=O) groups excluding carboxylic acids is 1. The number of alkyl halides is 3. The molecular formula is C11H20F3N3O. The van der Waals surface area contributed by atoms with Crippen molar-refractivity contribution in [3.05, 3.63) is 0 Å². The van der Waals surface area contributed by atoms with E-state index in [4.69, 9.17) is 0 Å². The minimum atomic E-state index is -4.37. The van der Waals surface area contributed by atoms with Crippen molar-refractivity contribution in [1.82, 2.24) is 15.5 Å². The Hall–Kier alpha value is -0.980. The third-order valence-electron chi connectivity index (χ3n) is 3.16. The van der Waals surface area contributed by atoms with E-state index >= 15 is 0 Å². The summed E-state index contributed by atoms with van der Waals surface area (Å²) in [5.41, 5.74) is 0. The highest BCUT2D eigenvalue weighted by molar-refractivity contribution is 5.74. The Labute approximate surface area is 105 Å². The summed E-state index contributed by atoms with van der Waals surface area (Å²) in [6.07, 6.45) is -2.79. The van der Waals surface area contributed by atoms with Crippen LogP contribution in [0, 0.1) is 0 Å². The first kappa shape index (κ1) is 15.1. The van der Waals surface area contributed by atoms with Gasteiger partial charge in [-0.1, -0.05) is 13.8 Å². The predicted molar refractivity (Wildman–Crippen MR) is 62.3 cm³/mol. The van der Waals surface area contributed by atoms with Gasteiger partial charge in [-0.3, -0.25) is 0 Å². The van der Waals surface area contributed by atoms with Gasteiger partial charge in [0.1, 0.15) is 6.54 Å². The smallest absolute Gasteiger partial charge is 0.329 e. The average Bonchev–Trinajstić information content (AvgIpc) is 2.34. The molecule has 0 aliphatic carbocycles. The summed E-state index contributed by atoms with van der Waals surface area (Å²) in [6.45, 7) is 3.72. The Morgan fingerprint density at radius 3 is 2.56 bits per heavy atom. The zero-order valence-electron chi connectivity index (χ0n) is 10.7. The predicted octanol–water partition coefficient (Wildman–Crippen LogP) is 1.72. The monoisotopic (exact) mass is 267 g/mol. The lowest BCUT2D eigenvalue weighted by molar-refractivity contribution is -0.123. The van der Waals surface area contributed by atoms with Gasteiger partial charge in [-0.25, -0.2) is 4.79 Å². The number of urea groups is 1. The quantitative estimate of drug-likeness (QED) is 0.817. The fourth-order valence-electron chi connectivity index (χ4n) is 2.03. The number of piperazine rings is 1. The molecule has 1 fully saturated rings. The van der Waals surface area contributed by atoms with Gasteiger partial charge in [-0.2, -0.15) is 13.2 Å². The second-order valence-electron chi connectivity index (χ2n) is 4.50. The van der Waals surface area contributed by atoms with Crippen LogP contribution in [0.4, 0.5) is 18.0 Å². The molecule has 2 atom stereocenters. The molecule has 0 aromatic carbocycles. The van der Waals surface area contributed by atoms with Gasteiger partial charge < -0.3 is 15.5 Å². The van der Waals surface area contributed by atoms with Crippen LogP contribution in [-0.4, -0.2) is 48.8 Å². The first-order valence-electron chi connectivity index (χ1n) is 6.22. The molecule has 2 N–H and O–H groups in total. The maximum Gasteiger partial charge on any atom is 0.405 e. The first-order chi connectivity index (χ1) is 8.37. The third-order valence-corrected chi connectivity index (χ3v) is 3.16. The summed E-state index contributed by atoms with van der Waals surface area (Å²) in [5, 5.41) is 5.22. The van der Waals surface area contributed by atoms with Crippen LogP contribution in [0.2, 0.25) is 0 Å². The molecule has 106 valence electrons. The molecule has 0 radical (unpaired) electrons. The molecule has 1 aliphatic heterocycles. The fourth-order valence-corrected chi connectivity index (χ4v) is 2.03. The van der Waals surface area contributed by atoms with E-state index in [-0.39, 0.29) is 12.1 Å². The number of rotatable bonds is 3. The van der Waals surface area contributed by atoms with Gasteiger partial charge in [-0.05, 0) is 12.8 Å². The van der Waals surface area contributed by atoms with Crippen molar-refractivity contribution >= 4 is 6.03 Å². The van der Waals surface area contributed by atoms with E-state index in [1.807, 2.05) is 19.2 Å². The van der Waals surface area contributed by atoms with Crippen molar-refractivity contribution in [1.29, 1.82) is 0 Å². The number of hydrogen-bond donors (Lipinski definition) is 2. The molecule has 7 heteroatoms. The van der Waals surface area contributed by atoms with Crippen molar-refractivity contribution in [2.45, 2.75) is 44.9 Å². The summed E-state index contributed by atoms with van der Waals surface area (Å²) in [4.78, 5) is 13.3. The zero-order chi connectivity index (χ0) is 13.8. The minimum Gasteiger partial charge on any atom is -0.329 e. The Morgan fingerprint density at radius 1 is 1.39 bits per heavy atom. The highest BCUT2D eigenvalue weighted by Crippen LogP contribution is 2.15.